The van der Waals surface area contributed by atoms with Crippen LogP contribution in [0.1, 0.15) is 114 Å². The highest BCUT2D eigenvalue weighted by Gasteiger charge is 2.36. The summed E-state index contributed by atoms with van der Waals surface area (Å²) in [6.45, 7) is 8.34. The molecular formula is C57H66ClF3N8O6S. The van der Waals surface area contributed by atoms with Crippen LogP contribution in [0, 0.1) is 24.7 Å². The summed E-state index contributed by atoms with van der Waals surface area (Å²) in [6, 6.07) is 16.4. The summed E-state index contributed by atoms with van der Waals surface area (Å²) in [6.07, 6.45) is 3.71. The van der Waals surface area contributed by atoms with Crippen molar-refractivity contribution in [3.05, 3.63) is 131 Å². The Morgan fingerprint density at radius 3 is 2.34 bits per heavy atom. The van der Waals surface area contributed by atoms with E-state index in [-0.39, 0.29) is 35.3 Å². The standard InChI is InChI=1S/C57H66ClF3N8O6S/c1-34(50-28-42(33-76-50)52-41(31-66(3)4)7-6-8-46(52)58)62-53-44-29-43(49(74-5)30-47(44)63-35(2)64-53)38-9-11-39(12-10-38)54(71)67-21-15-36(16-22-67)20-26-75-32-37-17-23-68(24-18-37)55(72)40-13-14-45(57(59,60)61)48(27-40)69-25-19-51(70)65-56(69)73/h6-8,13-14,19,25,27-30,33-34,36-39H,9-12,15-18,20-24,26,31-32H2,1-5H3,(H,62,63,64)(H,65,70,73)/t34-,38?,39?/m1/s1. The van der Waals surface area contributed by atoms with Crippen molar-refractivity contribution in [2.24, 2.45) is 17.8 Å². The highest BCUT2D eigenvalue weighted by Crippen LogP contribution is 2.44. The molecule has 0 radical (unpaired) electrons. The number of anilines is 1. The monoisotopic (exact) mass is 1080 g/mol. The Bertz CT molecular complexity index is 3170. The van der Waals surface area contributed by atoms with Gasteiger partial charge in [0.1, 0.15) is 17.4 Å². The summed E-state index contributed by atoms with van der Waals surface area (Å²) >= 11 is 8.48. The van der Waals surface area contributed by atoms with Gasteiger partial charge in [0.05, 0.1) is 29.9 Å². The number of amides is 2. The van der Waals surface area contributed by atoms with Crippen molar-refractivity contribution in [1.82, 2.24) is 34.2 Å². The van der Waals surface area contributed by atoms with Gasteiger partial charge in [-0.15, -0.1) is 11.3 Å². The van der Waals surface area contributed by atoms with Crippen molar-refractivity contribution in [3.63, 3.8) is 0 Å². The summed E-state index contributed by atoms with van der Waals surface area (Å²) < 4.78 is 54.6. The van der Waals surface area contributed by atoms with E-state index in [1.165, 1.54) is 10.4 Å². The number of methoxy groups -OCH3 is 1. The van der Waals surface area contributed by atoms with Gasteiger partial charge in [0.2, 0.25) is 5.91 Å². The fourth-order valence-corrected chi connectivity index (χ4v) is 12.5. The Balaban J connectivity index is 0.726. The Morgan fingerprint density at radius 1 is 0.921 bits per heavy atom. The first-order valence-corrected chi connectivity index (χ1v) is 27.5. The number of aromatic amines is 1. The lowest BCUT2D eigenvalue weighted by molar-refractivity contribution is -0.138. The molecule has 9 rings (SSSR count). The molecule has 2 amide bonds. The van der Waals surface area contributed by atoms with Gasteiger partial charge in [-0.1, -0.05) is 23.7 Å². The predicted molar refractivity (Wildman–Crippen MR) is 291 cm³/mol. The maximum absolute atomic E-state index is 13.9. The second-order valence-electron chi connectivity index (χ2n) is 21.0. The van der Waals surface area contributed by atoms with E-state index in [9.17, 15) is 32.3 Å². The normalized spacial score (nSPS) is 18.3. The minimum atomic E-state index is -4.80. The molecule has 3 aromatic carbocycles. The molecule has 0 unspecified atom stereocenters. The summed E-state index contributed by atoms with van der Waals surface area (Å²) in [5.74, 6) is 3.00. The number of nitrogens with zero attached hydrogens (tertiary/aromatic N) is 6. The third-order valence-electron chi connectivity index (χ3n) is 15.4. The van der Waals surface area contributed by atoms with Crippen LogP contribution in [-0.2, 0) is 22.3 Å². The Morgan fingerprint density at radius 2 is 1.64 bits per heavy atom. The zero-order chi connectivity index (χ0) is 53.8. The van der Waals surface area contributed by atoms with Crippen molar-refractivity contribution in [2.45, 2.75) is 96.3 Å². The molecule has 19 heteroatoms. The molecule has 2 aliphatic heterocycles. The molecule has 1 atom stereocenters. The minimum absolute atomic E-state index is 0.00515. The molecule has 0 spiro atoms. The van der Waals surface area contributed by atoms with Gasteiger partial charge in [-0.2, -0.15) is 13.2 Å². The van der Waals surface area contributed by atoms with Gasteiger partial charge < -0.3 is 29.5 Å². The highest BCUT2D eigenvalue weighted by atomic mass is 35.5. The third kappa shape index (κ3) is 12.5. The molecule has 2 N–H and O–H groups in total. The van der Waals surface area contributed by atoms with Crippen LogP contribution in [-0.4, -0.2) is 107 Å². The zero-order valence-corrected chi connectivity index (χ0v) is 45.3. The van der Waals surface area contributed by atoms with Crippen LogP contribution in [0.3, 0.4) is 0 Å². The number of halogens is 4. The number of likely N-dealkylation sites (tertiary alicyclic amines) is 2. The van der Waals surface area contributed by atoms with E-state index in [2.05, 4.69) is 59.7 Å². The van der Waals surface area contributed by atoms with E-state index in [1.54, 1.807) is 23.3 Å². The van der Waals surface area contributed by atoms with Crippen molar-refractivity contribution in [1.29, 1.82) is 0 Å². The van der Waals surface area contributed by atoms with Crippen molar-refractivity contribution in [3.8, 4) is 22.6 Å². The second-order valence-corrected chi connectivity index (χ2v) is 22.3. The first kappa shape index (κ1) is 54.7. The minimum Gasteiger partial charge on any atom is -0.496 e. The number of aryl methyl sites for hydroxylation is 1. The largest absolute Gasteiger partial charge is 0.496 e. The molecular weight excluding hydrogens is 1020 g/mol. The smallest absolute Gasteiger partial charge is 0.418 e. The fourth-order valence-electron chi connectivity index (χ4n) is 11.3. The molecule has 3 fully saturated rings. The van der Waals surface area contributed by atoms with Crippen molar-refractivity contribution in [2.75, 3.05) is 65.9 Å². The zero-order valence-electron chi connectivity index (χ0n) is 43.7. The van der Waals surface area contributed by atoms with E-state index < -0.39 is 34.6 Å². The number of hydrogen-bond donors (Lipinski definition) is 2. The highest BCUT2D eigenvalue weighted by molar-refractivity contribution is 7.10. The number of hydrogen-bond acceptors (Lipinski definition) is 11. The topological polar surface area (TPSA) is 155 Å². The lowest BCUT2D eigenvalue weighted by Gasteiger charge is -2.36. The van der Waals surface area contributed by atoms with Gasteiger partial charge in [-0.3, -0.25) is 23.9 Å². The van der Waals surface area contributed by atoms with Crippen molar-refractivity contribution >= 4 is 51.5 Å². The molecule has 14 nitrogen and oxygen atoms in total. The summed E-state index contributed by atoms with van der Waals surface area (Å²) in [5, 5.41) is 7.57. The number of rotatable bonds is 16. The van der Waals surface area contributed by atoms with E-state index in [4.69, 9.17) is 31.0 Å². The van der Waals surface area contributed by atoms with Gasteiger partial charge in [-0.25, -0.2) is 14.8 Å². The predicted octanol–water partition coefficient (Wildman–Crippen LogP) is 10.9. The van der Waals surface area contributed by atoms with Crippen LogP contribution >= 0.6 is 22.9 Å². The van der Waals surface area contributed by atoms with E-state index in [0.717, 1.165) is 139 Å². The summed E-state index contributed by atoms with van der Waals surface area (Å²) in [7, 11) is 5.82. The van der Waals surface area contributed by atoms with Crippen LogP contribution in [0.5, 0.6) is 5.75 Å². The van der Waals surface area contributed by atoms with Gasteiger partial charge in [0.25, 0.3) is 11.5 Å². The van der Waals surface area contributed by atoms with E-state index in [1.807, 2.05) is 30.1 Å². The Kier molecular flexibility index (Phi) is 17.0. The molecule has 404 valence electrons. The van der Waals surface area contributed by atoms with Crippen LogP contribution in [0.2, 0.25) is 5.02 Å². The van der Waals surface area contributed by atoms with Crippen LogP contribution in [0.25, 0.3) is 27.7 Å². The summed E-state index contributed by atoms with van der Waals surface area (Å²) in [5.41, 5.74) is 1.88. The molecule has 1 aliphatic carbocycles. The van der Waals surface area contributed by atoms with E-state index >= 15 is 0 Å². The Labute approximate surface area is 449 Å². The molecule has 3 aromatic heterocycles. The van der Waals surface area contributed by atoms with Crippen LogP contribution in [0.4, 0.5) is 19.0 Å². The lowest BCUT2D eigenvalue weighted by atomic mass is 9.77. The number of H-pyrrole nitrogens is 1. The number of aromatic nitrogens is 4. The SMILES string of the molecule is COc1cc2nc(C)nc(N[C@H](C)c3cc(-c4c(Cl)cccc4CN(C)C)cs3)c2cc1C1CCC(C(=O)N2CCC(CCOCC3CCN(C(=O)c4ccc(C(F)(F)F)c(-n5ccc(=O)[nH]c5=O)c4)CC3)CC2)CC1. The fraction of sp³-hybridized carbons (Fsp3) is 0.474. The maximum Gasteiger partial charge on any atom is 0.418 e. The van der Waals surface area contributed by atoms with Gasteiger partial charge in [0, 0.05) is 96.6 Å². The quantitative estimate of drug-likeness (QED) is 0.0895. The average molecular weight is 1080 g/mol. The van der Waals surface area contributed by atoms with Gasteiger partial charge >= 0.3 is 11.9 Å². The van der Waals surface area contributed by atoms with Crippen LogP contribution in [0.15, 0.2) is 81.8 Å². The van der Waals surface area contributed by atoms with Crippen LogP contribution < -0.4 is 21.3 Å². The number of carbonyl (C=O) groups is 2. The molecule has 3 aliphatic rings. The molecule has 76 heavy (non-hydrogen) atoms. The number of benzene rings is 3. The number of thiophene rings is 1. The number of alkyl halides is 3. The number of piperidine rings is 2. The molecule has 0 bridgehead atoms. The number of fused-ring (bicyclic) bond motifs is 1. The van der Waals surface area contributed by atoms with Crippen molar-refractivity contribution < 1.29 is 32.2 Å². The Hall–Kier alpha value is -6.08. The van der Waals surface area contributed by atoms with E-state index in [0.29, 0.717) is 55.5 Å². The third-order valence-corrected chi connectivity index (χ3v) is 16.9. The molecule has 1 saturated carbocycles. The number of ether oxygens (including phenoxy) is 2. The first-order chi connectivity index (χ1) is 36.4. The average Bonchev–Trinajstić information content (AvgIpc) is 3.90. The molecule has 2 saturated heterocycles. The molecule has 5 heterocycles. The molecule has 6 aromatic rings. The van der Waals surface area contributed by atoms with Gasteiger partial charge in [-0.05, 0) is 162 Å². The first-order valence-electron chi connectivity index (χ1n) is 26.3. The van der Waals surface area contributed by atoms with Gasteiger partial charge in [0.15, 0.2) is 0 Å². The maximum atomic E-state index is 13.9. The number of carbonyl (C=O) groups excluding carboxylic acids is 2. The second kappa shape index (κ2) is 23.7. The number of nitrogens with one attached hydrogen (secondary N) is 2. The summed E-state index contributed by atoms with van der Waals surface area (Å²) in [4.78, 5) is 70.1. The lowest BCUT2D eigenvalue weighted by Crippen LogP contribution is -2.42.